The van der Waals surface area contributed by atoms with Crippen molar-refractivity contribution in [2.45, 2.75) is 6.92 Å². The van der Waals surface area contributed by atoms with Crippen LogP contribution in [-0.2, 0) is 0 Å². The van der Waals surface area contributed by atoms with Crippen molar-refractivity contribution in [3.8, 4) is 0 Å². The zero-order valence-corrected chi connectivity index (χ0v) is 7.64. The smallest absolute Gasteiger partial charge is 0.184 e. The standard InChI is InChI=1S/C8H11N3S/c1-6(10-11-8(9)12)7-4-2-3-5-7/h2-5,7H,1H3,(H3,9,11,12). The van der Waals surface area contributed by atoms with Crippen LogP contribution in [0.2, 0.25) is 0 Å². The second-order valence-electron chi connectivity index (χ2n) is 2.52. The Hall–Kier alpha value is -1.16. The van der Waals surface area contributed by atoms with Crippen LogP contribution in [0.4, 0.5) is 0 Å². The minimum absolute atomic E-state index is 0.195. The topological polar surface area (TPSA) is 50.4 Å². The third kappa shape index (κ3) is 2.47. The van der Waals surface area contributed by atoms with Gasteiger partial charge in [0.2, 0.25) is 0 Å². The normalized spacial score (nSPS) is 16.9. The van der Waals surface area contributed by atoms with Crippen molar-refractivity contribution in [1.29, 1.82) is 0 Å². The molecule has 0 fully saturated rings. The molecule has 3 nitrogen and oxygen atoms in total. The summed E-state index contributed by atoms with van der Waals surface area (Å²) >= 11 is 4.61. The van der Waals surface area contributed by atoms with Gasteiger partial charge in [0.15, 0.2) is 5.11 Å². The number of hydrogen-bond donors (Lipinski definition) is 2. The van der Waals surface area contributed by atoms with Gasteiger partial charge in [0.1, 0.15) is 0 Å². The zero-order valence-electron chi connectivity index (χ0n) is 6.82. The summed E-state index contributed by atoms with van der Waals surface area (Å²) in [5.74, 6) is 0.284. The number of nitrogens with one attached hydrogen (secondary N) is 1. The molecular formula is C8H11N3S. The predicted molar refractivity (Wildman–Crippen MR) is 54.8 cm³/mol. The van der Waals surface area contributed by atoms with Crippen molar-refractivity contribution >= 4 is 23.0 Å². The Bertz CT molecular complexity index is 253. The first kappa shape index (κ1) is 8.93. The van der Waals surface area contributed by atoms with Crippen molar-refractivity contribution < 1.29 is 0 Å². The van der Waals surface area contributed by atoms with Crippen LogP contribution in [0, 0.1) is 5.92 Å². The molecule has 0 atom stereocenters. The monoisotopic (exact) mass is 181 g/mol. The Morgan fingerprint density at radius 2 is 2.08 bits per heavy atom. The minimum atomic E-state index is 0.195. The first-order valence-electron chi connectivity index (χ1n) is 3.65. The molecule has 0 aromatic carbocycles. The highest BCUT2D eigenvalue weighted by Crippen LogP contribution is 2.09. The van der Waals surface area contributed by atoms with Crippen LogP contribution in [0.15, 0.2) is 29.4 Å². The summed E-state index contributed by atoms with van der Waals surface area (Å²) < 4.78 is 0. The Balaban J connectivity index is 2.51. The van der Waals surface area contributed by atoms with Crippen molar-refractivity contribution in [2.75, 3.05) is 0 Å². The first-order chi connectivity index (χ1) is 5.70. The maximum absolute atomic E-state index is 5.22. The molecule has 4 heteroatoms. The summed E-state index contributed by atoms with van der Waals surface area (Å²) in [6.45, 7) is 1.93. The average molecular weight is 181 g/mol. The van der Waals surface area contributed by atoms with Crippen molar-refractivity contribution in [3.05, 3.63) is 24.3 Å². The molecule has 0 aliphatic heterocycles. The molecule has 0 amide bonds. The lowest BCUT2D eigenvalue weighted by Gasteiger charge is -2.04. The van der Waals surface area contributed by atoms with E-state index in [9.17, 15) is 0 Å². The number of rotatable bonds is 2. The van der Waals surface area contributed by atoms with E-state index in [1.54, 1.807) is 0 Å². The van der Waals surface area contributed by atoms with Crippen molar-refractivity contribution in [1.82, 2.24) is 5.43 Å². The van der Waals surface area contributed by atoms with E-state index >= 15 is 0 Å². The fraction of sp³-hybridized carbons (Fsp3) is 0.250. The van der Waals surface area contributed by atoms with E-state index in [1.807, 2.05) is 19.1 Å². The molecule has 1 rings (SSSR count). The van der Waals surface area contributed by atoms with Gasteiger partial charge in [0, 0.05) is 11.6 Å². The second kappa shape index (κ2) is 4.01. The van der Waals surface area contributed by atoms with Gasteiger partial charge in [-0.15, -0.1) is 0 Å². The molecule has 64 valence electrons. The number of nitrogens with two attached hydrogens (primary N) is 1. The van der Waals surface area contributed by atoms with Gasteiger partial charge in [-0.2, -0.15) is 5.10 Å². The number of nitrogens with zero attached hydrogens (tertiary/aromatic N) is 1. The summed E-state index contributed by atoms with van der Waals surface area (Å²) in [6, 6.07) is 0. The van der Waals surface area contributed by atoms with Gasteiger partial charge in [-0.25, -0.2) is 0 Å². The molecule has 0 radical (unpaired) electrons. The molecule has 1 aliphatic rings. The van der Waals surface area contributed by atoms with E-state index in [4.69, 9.17) is 5.73 Å². The van der Waals surface area contributed by atoms with E-state index in [0.29, 0.717) is 0 Å². The Morgan fingerprint density at radius 3 is 2.58 bits per heavy atom. The summed E-state index contributed by atoms with van der Waals surface area (Å²) in [5, 5.41) is 4.20. The predicted octanol–water partition coefficient (Wildman–Crippen LogP) is 0.938. The van der Waals surface area contributed by atoms with Crippen LogP contribution >= 0.6 is 12.2 Å². The molecule has 12 heavy (non-hydrogen) atoms. The maximum atomic E-state index is 5.22. The molecule has 0 heterocycles. The van der Waals surface area contributed by atoms with Gasteiger partial charge in [0.25, 0.3) is 0 Å². The summed E-state index contributed by atoms with van der Waals surface area (Å²) in [4.78, 5) is 0. The lowest BCUT2D eigenvalue weighted by molar-refractivity contribution is 0.987. The van der Waals surface area contributed by atoms with Gasteiger partial charge < -0.3 is 5.73 Å². The van der Waals surface area contributed by atoms with Gasteiger partial charge >= 0.3 is 0 Å². The van der Waals surface area contributed by atoms with Crippen molar-refractivity contribution in [2.24, 2.45) is 16.8 Å². The third-order valence-electron chi connectivity index (χ3n) is 1.57. The largest absolute Gasteiger partial charge is 0.375 e. The van der Waals surface area contributed by atoms with Gasteiger partial charge in [0.05, 0.1) is 0 Å². The lowest BCUT2D eigenvalue weighted by Crippen LogP contribution is -2.26. The molecule has 0 aromatic rings. The molecule has 0 bridgehead atoms. The highest BCUT2D eigenvalue weighted by atomic mass is 32.1. The average Bonchev–Trinajstić information content (AvgIpc) is 2.51. The minimum Gasteiger partial charge on any atom is -0.375 e. The Morgan fingerprint density at radius 1 is 1.50 bits per heavy atom. The third-order valence-corrected chi connectivity index (χ3v) is 1.66. The molecule has 0 saturated carbocycles. The summed E-state index contributed by atoms with van der Waals surface area (Å²) in [6.07, 6.45) is 8.09. The van der Waals surface area contributed by atoms with E-state index in [-0.39, 0.29) is 11.0 Å². The van der Waals surface area contributed by atoms with Crippen LogP contribution in [0.5, 0.6) is 0 Å². The number of hydrazone groups is 1. The number of allylic oxidation sites excluding steroid dienone is 4. The molecule has 1 aliphatic carbocycles. The fourth-order valence-corrected chi connectivity index (χ4v) is 0.974. The zero-order chi connectivity index (χ0) is 8.97. The fourth-order valence-electron chi connectivity index (χ4n) is 0.928. The molecule has 0 saturated heterocycles. The maximum Gasteiger partial charge on any atom is 0.184 e. The highest BCUT2D eigenvalue weighted by Gasteiger charge is 2.06. The number of thiocarbonyl (C=S) groups is 1. The Labute approximate surface area is 77.0 Å². The van der Waals surface area contributed by atoms with E-state index in [1.165, 1.54) is 0 Å². The highest BCUT2D eigenvalue weighted by molar-refractivity contribution is 7.80. The van der Waals surface area contributed by atoms with Crippen LogP contribution < -0.4 is 11.2 Å². The van der Waals surface area contributed by atoms with Gasteiger partial charge in [-0.3, -0.25) is 5.43 Å². The quantitative estimate of drug-likeness (QED) is 0.378. The molecule has 0 unspecified atom stereocenters. The second-order valence-corrected chi connectivity index (χ2v) is 2.96. The van der Waals surface area contributed by atoms with Crippen LogP contribution in [0.1, 0.15) is 6.92 Å². The van der Waals surface area contributed by atoms with E-state index in [2.05, 4.69) is 34.9 Å². The van der Waals surface area contributed by atoms with Gasteiger partial charge in [-0.1, -0.05) is 24.3 Å². The summed E-state index contributed by atoms with van der Waals surface area (Å²) in [7, 11) is 0. The number of hydrogen-bond acceptors (Lipinski definition) is 2. The van der Waals surface area contributed by atoms with E-state index < -0.39 is 0 Å². The SMILES string of the molecule is CC(=NNC(N)=S)C1C=CC=C1. The molecule has 3 N–H and O–H groups in total. The molecular weight excluding hydrogens is 170 g/mol. The van der Waals surface area contributed by atoms with Crippen molar-refractivity contribution in [3.63, 3.8) is 0 Å². The molecule has 0 aromatic heterocycles. The molecule has 0 spiro atoms. The van der Waals surface area contributed by atoms with Gasteiger partial charge in [-0.05, 0) is 19.1 Å². The Kier molecular flexibility index (Phi) is 2.99. The van der Waals surface area contributed by atoms with Crippen LogP contribution in [0.3, 0.4) is 0 Å². The summed E-state index contributed by atoms with van der Waals surface area (Å²) in [5.41, 5.74) is 8.72. The van der Waals surface area contributed by atoms with Crippen LogP contribution in [-0.4, -0.2) is 10.8 Å². The first-order valence-corrected chi connectivity index (χ1v) is 4.05. The lowest BCUT2D eigenvalue weighted by atomic mass is 10.1. The van der Waals surface area contributed by atoms with E-state index in [0.717, 1.165) is 5.71 Å². The van der Waals surface area contributed by atoms with Crippen LogP contribution in [0.25, 0.3) is 0 Å².